The average molecular weight is 353 g/mol. The number of nitrogens with zero attached hydrogens (tertiary/aromatic N) is 3. The fourth-order valence-electron chi connectivity index (χ4n) is 3.29. The maximum absolute atomic E-state index is 9.18. The van der Waals surface area contributed by atoms with E-state index < -0.39 is 0 Å². The predicted octanol–water partition coefficient (Wildman–Crippen LogP) is 2.63. The maximum atomic E-state index is 9.18. The zero-order valence-corrected chi connectivity index (χ0v) is 15.1. The second-order valence-electron chi connectivity index (χ2n) is 6.31. The molecule has 0 N–H and O–H groups in total. The molecule has 1 aromatic carbocycles. The molecule has 1 aromatic heterocycles. The van der Waals surface area contributed by atoms with Gasteiger partial charge in [-0.15, -0.1) is 0 Å². The van der Waals surface area contributed by atoms with Gasteiger partial charge >= 0.3 is 0 Å². The molecule has 0 aliphatic carbocycles. The third kappa shape index (κ3) is 4.31. The number of benzene rings is 1. The zero-order chi connectivity index (χ0) is 18.4. The second kappa shape index (κ2) is 8.65. The first-order valence-corrected chi connectivity index (χ1v) is 8.60. The van der Waals surface area contributed by atoms with E-state index in [-0.39, 0.29) is 12.1 Å². The summed E-state index contributed by atoms with van der Waals surface area (Å²) in [5, 5.41) is 9.18. The Bertz CT molecular complexity index is 761. The number of hydrogen-bond donors (Lipinski definition) is 0. The van der Waals surface area contributed by atoms with E-state index in [1.165, 1.54) is 0 Å². The Hall–Kier alpha value is -2.62. The molecular formula is C20H23N3O3. The van der Waals surface area contributed by atoms with Crippen LogP contribution < -0.4 is 9.47 Å². The third-order valence-electron chi connectivity index (χ3n) is 4.68. The minimum atomic E-state index is 0.169. The second-order valence-corrected chi connectivity index (χ2v) is 6.31. The van der Waals surface area contributed by atoms with Crippen molar-refractivity contribution in [3.63, 3.8) is 0 Å². The van der Waals surface area contributed by atoms with Crippen molar-refractivity contribution in [3.05, 3.63) is 53.9 Å². The third-order valence-corrected chi connectivity index (χ3v) is 4.68. The van der Waals surface area contributed by atoms with Crippen LogP contribution in [0.3, 0.4) is 0 Å². The Morgan fingerprint density at radius 1 is 1.31 bits per heavy atom. The highest BCUT2D eigenvalue weighted by molar-refractivity contribution is 5.42. The van der Waals surface area contributed by atoms with E-state index in [1.807, 2.05) is 24.3 Å². The van der Waals surface area contributed by atoms with Crippen molar-refractivity contribution < 1.29 is 14.2 Å². The number of rotatable bonds is 7. The highest BCUT2D eigenvalue weighted by Crippen LogP contribution is 2.27. The smallest absolute Gasteiger partial charge is 0.137 e. The highest BCUT2D eigenvalue weighted by Gasteiger charge is 2.33. The molecule has 136 valence electrons. The van der Waals surface area contributed by atoms with Gasteiger partial charge in [-0.25, -0.2) is 0 Å². The van der Waals surface area contributed by atoms with Crippen LogP contribution in [0.5, 0.6) is 11.5 Å². The summed E-state index contributed by atoms with van der Waals surface area (Å²) in [4.78, 5) is 6.40. The van der Waals surface area contributed by atoms with Gasteiger partial charge in [0.15, 0.2) is 0 Å². The summed E-state index contributed by atoms with van der Waals surface area (Å²) in [5.74, 6) is 1.55. The minimum absolute atomic E-state index is 0.169. The maximum Gasteiger partial charge on any atom is 0.137 e. The number of pyridine rings is 1. The van der Waals surface area contributed by atoms with Crippen molar-refractivity contribution >= 4 is 0 Å². The van der Waals surface area contributed by atoms with Gasteiger partial charge in [0.05, 0.1) is 31.0 Å². The van der Waals surface area contributed by atoms with E-state index in [1.54, 1.807) is 32.7 Å². The van der Waals surface area contributed by atoms with Crippen molar-refractivity contribution in [2.24, 2.45) is 0 Å². The first kappa shape index (κ1) is 18.2. The van der Waals surface area contributed by atoms with Crippen LogP contribution in [0.4, 0.5) is 0 Å². The SMILES string of the molecule is COc1ccc(C#N)cc1CN1C[C@H](OC)C[C@H]1COc1cccnc1. The largest absolute Gasteiger partial charge is 0.496 e. The van der Waals surface area contributed by atoms with Gasteiger partial charge in [0, 0.05) is 38.0 Å². The number of aromatic nitrogens is 1. The van der Waals surface area contributed by atoms with Gasteiger partial charge in [-0.05, 0) is 36.8 Å². The normalized spacial score (nSPS) is 19.9. The summed E-state index contributed by atoms with van der Waals surface area (Å²) in [6, 6.07) is 11.7. The van der Waals surface area contributed by atoms with E-state index in [9.17, 15) is 5.26 Å². The number of hydrogen-bond acceptors (Lipinski definition) is 6. The Morgan fingerprint density at radius 2 is 2.19 bits per heavy atom. The van der Waals surface area contributed by atoms with Crippen molar-refractivity contribution in [1.29, 1.82) is 5.26 Å². The van der Waals surface area contributed by atoms with Crippen LogP contribution >= 0.6 is 0 Å². The fraction of sp³-hybridized carbons (Fsp3) is 0.400. The highest BCUT2D eigenvalue weighted by atomic mass is 16.5. The van der Waals surface area contributed by atoms with Gasteiger partial charge in [0.25, 0.3) is 0 Å². The lowest BCUT2D eigenvalue weighted by molar-refractivity contribution is 0.107. The Kier molecular flexibility index (Phi) is 6.05. The van der Waals surface area contributed by atoms with Gasteiger partial charge in [0.1, 0.15) is 18.1 Å². The lowest BCUT2D eigenvalue weighted by Crippen LogP contribution is -2.34. The molecule has 1 aliphatic rings. The van der Waals surface area contributed by atoms with E-state index in [0.29, 0.717) is 18.7 Å². The summed E-state index contributed by atoms with van der Waals surface area (Å²) in [5.41, 5.74) is 1.63. The molecule has 1 saturated heterocycles. The van der Waals surface area contributed by atoms with Crippen LogP contribution in [0, 0.1) is 11.3 Å². The molecule has 0 saturated carbocycles. The zero-order valence-electron chi connectivity index (χ0n) is 15.1. The predicted molar refractivity (Wildman–Crippen MR) is 97.1 cm³/mol. The Morgan fingerprint density at radius 3 is 2.88 bits per heavy atom. The molecule has 3 rings (SSSR count). The molecule has 2 atom stereocenters. The Labute approximate surface area is 153 Å². The topological polar surface area (TPSA) is 67.6 Å². The van der Waals surface area contributed by atoms with Crippen LogP contribution in [0.25, 0.3) is 0 Å². The summed E-state index contributed by atoms with van der Waals surface area (Å²) < 4.78 is 16.9. The lowest BCUT2D eigenvalue weighted by atomic mass is 10.1. The number of likely N-dealkylation sites (tertiary alicyclic amines) is 1. The molecule has 2 heterocycles. The first-order valence-electron chi connectivity index (χ1n) is 8.60. The van der Waals surface area contributed by atoms with Gasteiger partial charge in [0.2, 0.25) is 0 Å². The number of methoxy groups -OCH3 is 2. The van der Waals surface area contributed by atoms with E-state index in [0.717, 1.165) is 30.0 Å². The molecule has 1 fully saturated rings. The summed E-state index contributed by atoms with van der Waals surface area (Å²) in [6.45, 7) is 2.06. The Balaban J connectivity index is 1.73. The molecule has 0 amide bonds. The molecule has 0 bridgehead atoms. The molecule has 6 nitrogen and oxygen atoms in total. The molecule has 6 heteroatoms. The molecule has 0 spiro atoms. The number of nitriles is 1. The van der Waals surface area contributed by atoms with Crippen molar-refractivity contribution in [2.75, 3.05) is 27.4 Å². The van der Waals surface area contributed by atoms with Crippen LogP contribution in [-0.4, -0.2) is 49.4 Å². The molecule has 2 aromatic rings. The average Bonchev–Trinajstić information content (AvgIpc) is 3.09. The first-order chi connectivity index (χ1) is 12.7. The van der Waals surface area contributed by atoms with Crippen molar-refractivity contribution in [3.8, 4) is 17.6 Å². The van der Waals surface area contributed by atoms with E-state index >= 15 is 0 Å². The molecule has 26 heavy (non-hydrogen) atoms. The molecule has 0 unspecified atom stereocenters. The van der Waals surface area contributed by atoms with Crippen LogP contribution in [0.2, 0.25) is 0 Å². The summed E-state index contributed by atoms with van der Waals surface area (Å²) in [6.07, 6.45) is 4.51. The molecular weight excluding hydrogens is 330 g/mol. The monoisotopic (exact) mass is 353 g/mol. The standard InChI is InChI=1S/C20H23N3O3/c1-24-19-9-17(14-26-18-4-3-7-22-11-18)23(13-19)12-16-8-15(10-21)5-6-20(16)25-2/h3-8,11,17,19H,9,12-14H2,1-2H3/t17-,19+/m0/s1. The summed E-state index contributed by atoms with van der Waals surface area (Å²) >= 11 is 0. The fourth-order valence-corrected chi connectivity index (χ4v) is 3.29. The minimum Gasteiger partial charge on any atom is -0.496 e. The van der Waals surface area contributed by atoms with Crippen LogP contribution in [0.15, 0.2) is 42.7 Å². The van der Waals surface area contributed by atoms with Gasteiger partial charge in [-0.2, -0.15) is 5.26 Å². The van der Waals surface area contributed by atoms with Gasteiger partial charge < -0.3 is 14.2 Å². The molecule has 0 radical (unpaired) electrons. The lowest BCUT2D eigenvalue weighted by Gasteiger charge is -2.25. The van der Waals surface area contributed by atoms with Crippen molar-refractivity contribution in [2.45, 2.75) is 25.1 Å². The quantitative estimate of drug-likeness (QED) is 0.762. The molecule has 1 aliphatic heterocycles. The van der Waals surface area contributed by atoms with Crippen molar-refractivity contribution in [1.82, 2.24) is 9.88 Å². The number of ether oxygens (including phenoxy) is 3. The van der Waals surface area contributed by atoms with Gasteiger partial charge in [-0.3, -0.25) is 9.88 Å². The van der Waals surface area contributed by atoms with Crippen LogP contribution in [0.1, 0.15) is 17.5 Å². The van der Waals surface area contributed by atoms with E-state index in [4.69, 9.17) is 14.2 Å². The summed E-state index contributed by atoms with van der Waals surface area (Å²) in [7, 11) is 3.39. The van der Waals surface area contributed by atoms with E-state index in [2.05, 4.69) is 16.0 Å². The van der Waals surface area contributed by atoms with Crippen LogP contribution in [-0.2, 0) is 11.3 Å². The van der Waals surface area contributed by atoms with Gasteiger partial charge in [-0.1, -0.05) is 0 Å².